The molecule has 0 heterocycles. The van der Waals surface area contributed by atoms with Gasteiger partial charge in [0.1, 0.15) is 0 Å². The summed E-state index contributed by atoms with van der Waals surface area (Å²) in [6.07, 6.45) is 0. The molecule has 0 saturated heterocycles. The molecule has 0 radical (unpaired) electrons. The molecular weight excluding hydrogens is 340 g/mol. The quantitative estimate of drug-likeness (QED) is 0.775. The number of hydrogen-bond donors (Lipinski definition) is 1. The lowest BCUT2D eigenvalue weighted by atomic mass is 10.2. The van der Waals surface area contributed by atoms with Crippen LogP contribution in [0.3, 0.4) is 0 Å². The highest BCUT2D eigenvalue weighted by Gasteiger charge is 2.12. The lowest BCUT2D eigenvalue weighted by Crippen LogP contribution is -2.32. The molecule has 1 amide bonds. The molecule has 0 aliphatic rings. The van der Waals surface area contributed by atoms with E-state index in [9.17, 15) is 4.79 Å². The molecule has 134 valence electrons. The summed E-state index contributed by atoms with van der Waals surface area (Å²) in [5, 5.41) is 3.46. The van der Waals surface area contributed by atoms with E-state index in [1.165, 1.54) is 0 Å². The van der Waals surface area contributed by atoms with Gasteiger partial charge in [-0.2, -0.15) is 0 Å². The second kappa shape index (κ2) is 9.30. The fraction of sp³-hybridized carbons (Fsp3) is 0.316. The Morgan fingerprint density at radius 2 is 1.88 bits per heavy atom. The minimum atomic E-state index is -0.0791. The number of nitrogens with one attached hydrogen (secondary N) is 1. The predicted molar refractivity (Wildman–Crippen MR) is 101 cm³/mol. The van der Waals surface area contributed by atoms with E-state index in [0.717, 1.165) is 12.1 Å². The highest BCUT2D eigenvalue weighted by Crippen LogP contribution is 2.28. The zero-order valence-electron chi connectivity index (χ0n) is 14.7. The van der Waals surface area contributed by atoms with E-state index >= 15 is 0 Å². The molecule has 0 aliphatic heterocycles. The van der Waals surface area contributed by atoms with Crippen LogP contribution in [-0.2, 0) is 11.3 Å². The first-order valence-electron chi connectivity index (χ1n) is 8.04. The minimum absolute atomic E-state index is 0.0791. The highest BCUT2D eigenvalue weighted by molar-refractivity contribution is 6.30. The number of hydrogen-bond acceptors (Lipinski definition) is 4. The van der Waals surface area contributed by atoms with Crippen LogP contribution in [0.15, 0.2) is 42.5 Å². The summed E-state index contributed by atoms with van der Waals surface area (Å²) < 4.78 is 10.6. The van der Waals surface area contributed by atoms with Crippen molar-refractivity contribution >= 4 is 23.2 Å². The average molecular weight is 363 g/mol. The molecule has 2 aromatic rings. The summed E-state index contributed by atoms with van der Waals surface area (Å²) in [5.41, 5.74) is 1.75. The highest BCUT2D eigenvalue weighted by atomic mass is 35.5. The molecule has 2 rings (SSSR count). The van der Waals surface area contributed by atoms with Crippen LogP contribution in [-0.4, -0.2) is 38.1 Å². The zero-order chi connectivity index (χ0) is 18.2. The average Bonchev–Trinajstić information content (AvgIpc) is 2.60. The van der Waals surface area contributed by atoms with Gasteiger partial charge >= 0.3 is 0 Å². The molecule has 2 aromatic carbocycles. The van der Waals surface area contributed by atoms with Gasteiger partial charge in [0.05, 0.1) is 20.8 Å². The number of likely N-dealkylation sites (N-methyl/N-ethyl adjacent to an activating group) is 1. The lowest BCUT2D eigenvalue weighted by Gasteiger charge is -2.20. The number of carbonyl (C=O) groups is 1. The Balaban J connectivity index is 1.99. The third-order valence-corrected chi connectivity index (χ3v) is 4.01. The van der Waals surface area contributed by atoms with Crippen molar-refractivity contribution in [1.29, 1.82) is 0 Å². The van der Waals surface area contributed by atoms with Gasteiger partial charge < -0.3 is 14.8 Å². The van der Waals surface area contributed by atoms with E-state index in [1.807, 2.05) is 36.1 Å². The summed E-state index contributed by atoms with van der Waals surface area (Å²) in [4.78, 5) is 14.3. The second-order valence-electron chi connectivity index (χ2n) is 5.55. The van der Waals surface area contributed by atoms with E-state index < -0.39 is 0 Å². The van der Waals surface area contributed by atoms with E-state index in [4.69, 9.17) is 21.1 Å². The fourth-order valence-corrected chi connectivity index (χ4v) is 2.68. The Labute approximate surface area is 153 Å². The standard InChI is InChI=1S/C19H23ClN2O3/c1-4-22(12-14-8-9-17(24-2)18(10-14)25-3)13-19(23)21-16-7-5-6-15(20)11-16/h5-11H,4,12-13H2,1-3H3,(H,21,23). The number of anilines is 1. The molecule has 0 unspecified atom stereocenters. The van der Waals surface area contributed by atoms with Crippen molar-refractivity contribution in [2.45, 2.75) is 13.5 Å². The van der Waals surface area contributed by atoms with Crippen LogP contribution in [0.5, 0.6) is 11.5 Å². The third-order valence-electron chi connectivity index (χ3n) is 3.78. The van der Waals surface area contributed by atoms with Gasteiger partial charge in [0.2, 0.25) is 5.91 Å². The number of carbonyl (C=O) groups excluding carboxylic acids is 1. The molecule has 5 nitrogen and oxygen atoms in total. The summed E-state index contributed by atoms with van der Waals surface area (Å²) in [6, 6.07) is 12.9. The van der Waals surface area contributed by atoms with Crippen molar-refractivity contribution < 1.29 is 14.3 Å². The van der Waals surface area contributed by atoms with E-state index in [0.29, 0.717) is 28.8 Å². The van der Waals surface area contributed by atoms with Crippen LogP contribution in [0.2, 0.25) is 5.02 Å². The maximum Gasteiger partial charge on any atom is 0.238 e. The van der Waals surface area contributed by atoms with Crippen LogP contribution in [0.25, 0.3) is 0 Å². The Bertz CT molecular complexity index is 722. The second-order valence-corrected chi connectivity index (χ2v) is 5.99. The van der Waals surface area contributed by atoms with Crippen molar-refractivity contribution in [3.8, 4) is 11.5 Å². The molecule has 0 bridgehead atoms. The number of halogens is 1. The van der Waals surface area contributed by atoms with E-state index in [2.05, 4.69) is 5.32 Å². The van der Waals surface area contributed by atoms with Gasteiger partial charge in [-0.1, -0.05) is 30.7 Å². The van der Waals surface area contributed by atoms with Gasteiger partial charge in [0.25, 0.3) is 0 Å². The topological polar surface area (TPSA) is 50.8 Å². The van der Waals surface area contributed by atoms with Crippen molar-refractivity contribution in [2.75, 3.05) is 32.6 Å². The molecule has 0 saturated carbocycles. The van der Waals surface area contributed by atoms with Crippen molar-refractivity contribution in [3.63, 3.8) is 0 Å². The minimum Gasteiger partial charge on any atom is -0.493 e. The Morgan fingerprint density at radius 1 is 1.12 bits per heavy atom. The molecule has 0 fully saturated rings. The fourth-order valence-electron chi connectivity index (χ4n) is 2.49. The molecule has 0 aromatic heterocycles. The largest absolute Gasteiger partial charge is 0.493 e. The van der Waals surface area contributed by atoms with Gasteiger partial charge in [-0.15, -0.1) is 0 Å². The molecule has 25 heavy (non-hydrogen) atoms. The zero-order valence-corrected chi connectivity index (χ0v) is 15.5. The molecule has 0 atom stereocenters. The smallest absolute Gasteiger partial charge is 0.238 e. The number of amides is 1. The van der Waals surface area contributed by atoms with Gasteiger partial charge in [0.15, 0.2) is 11.5 Å². The SMILES string of the molecule is CCN(CC(=O)Nc1cccc(Cl)c1)Cc1ccc(OC)c(OC)c1. The Hall–Kier alpha value is -2.24. The number of methoxy groups -OCH3 is 2. The normalized spacial score (nSPS) is 10.6. The monoisotopic (exact) mass is 362 g/mol. The summed E-state index contributed by atoms with van der Waals surface area (Å²) in [7, 11) is 3.22. The molecule has 1 N–H and O–H groups in total. The first kappa shape index (κ1) is 19.1. The lowest BCUT2D eigenvalue weighted by molar-refractivity contribution is -0.117. The van der Waals surface area contributed by atoms with Crippen LogP contribution in [0.4, 0.5) is 5.69 Å². The van der Waals surface area contributed by atoms with Gasteiger partial charge in [-0.05, 0) is 42.4 Å². The third kappa shape index (κ3) is 5.66. The maximum atomic E-state index is 12.3. The number of rotatable bonds is 8. The van der Waals surface area contributed by atoms with Crippen LogP contribution in [0.1, 0.15) is 12.5 Å². The molecule has 6 heteroatoms. The summed E-state index contributed by atoms with van der Waals surface area (Å²) in [5.74, 6) is 1.29. The Kier molecular flexibility index (Phi) is 7.10. The van der Waals surface area contributed by atoms with Crippen molar-refractivity contribution in [1.82, 2.24) is 4.90 Å². The van der Waals surface area contributed by atoms with Gasteiger partial charge in [0, 0.05) is 17.3 Å². The number of ether oxygens (including phenoxy) is 2. The van der Waals surface area contributed by atoms with Gasteiger partial charge in [-0.3, -0.25) is 9.69 Å². The predicted octanol–water partition coefficient (Wildman–Crippen LogP) is 3.82. The van der Waals surface area contributed by atoms with Crippen molar-refractivity contribution in [3.05, 3.63) is 53.1 Å². The Morgan fingerprint density at radius 3 is 2.52 bits per heavy atom. The summed E-state index contributed by atoms with van der Waals surface area (Å²) >= 11 is 5.94. The van der Waals surface area contributed by atoms with Crippen LogP contribution in [0, 0.1) is 0 Å². The molecular formula is C19H23ClN2O3. The summed E-state index contributed by atoms with van der Waals surface area (Å²) in [6.45, 7) is 3.70. The first-order chi connectivity index (χ1) is 12.0. The van der Waals surface area contributed by atoms with Gasteiger partial charge in [-0.25, -0.2) is 0 Å². The number of nitrogens with zero attached hydrogens (tertiary/aromatic N) is 1. The van der Waals surface area contributed by atoms with Crippen LogP contribution >= 0.6 is 11.6 Å². The van der Waals surface area contributed by atoms with Crippen LogP contribution < -0.4 is 14.8 Å². The maximum absolute atomic E-state index is 12.3. The molecule has 0 aliphatic carbocycles. The molecule has 0 spiro atoms. The number of benzene rings is 2. The van der Waals surface area contributed by atoms with E-state index in [-0.39, 0.29) is 12.5 Å². The van der Waals surface area contributed by atoms with E-state index in [1.54, 1.807) is 32.4 Å². The first-order valence-corrected chi connectivity index (χ1v) is 8.42. The van der Waals surface area contributed by atoms with Crippen molar-refractivity contribution in [2.24, 2.45) is 0 Å².